The van der Waals surface area contributed by atoms with Crippen LogP contribution in [-0.4, -0.2) is 21.7 Å². The van der Waals surface area contributed by atoms with Gasteiger partial charge in [0.1, 0.15) is 5.75 Å². The van der Waals surface area contributed by atoms with E-state index in [0.29, 0.717) is 20.3 Å². The van der Waals surface area contributed by atoms with E-state index in [1.165, 1.54) is 15.9 Å². The molecule has 2 heterocycles. The van der Waals surface area contributed by atoms with Gasteiger partial charge in [0.15, 0.2) is 5.82 Å². The van der Waals surface area contributed by atoms with E-state index in [-0.39, 0.29) is 5.56 Å². The smallest absolute Gasteiger partial charge is 0.291 e. The largest absolute Gasteiger partial charge is 0.497 e. The molecule has 7 heteroatoms. The number of hydrogen-bond acceptors (Lipinski definition) is 5. The Morgan fingerprint density at radius 2 is 1.84 bits per heavy atom. The Morgan fingerprint density at radius 1 is 1.12 bits per heavy atom. The monoisotopic (exact) mass is 369 g/mol. The number of aromatic nitrogens is 3. The zero-order chi connectivity index (χ0) is 17.4. The third-order valence-corrected chi connectivity index (χ3v) is 4.91. The lowest BCUT2D eigenvalue weighted by Crippen LogP contribution is -2.23. The second-order valence-corrected chi connectivity index (χ2v) is 6.77. The molecule has 0 atom stereocenters. The highest BCUT2D eigenvalue weighted by molar-refractivity contribution is 7.15. The standard InChI is InChI=1S/C18H12ClN3O2S/c1-24-14-8-4-12(5-9-14)16-20-18-22(21-16)17(23)15(25-18)10-11-2-6-13(19)7-3-11/h2-10H,1H3/b15-10+. The van der Waals surface area contributed by atoms with Gasteiger partial charge in [0.05, 0.1) is 11.6 Å². The summed E-state index contributed by atoms with van der Waals surface area (Å²) in [5.74, 6) is 1.28. The molecule has 25 heavy (non-hydrogen) atoms. The molecule has 0 aliphatic heterocycles. The number of thiazole rings is 1. The average Bonchev–Trinajstić information content (AvgIpc) is 3.17. The Labute approximate surface area is 151 Å². The number of ether oxygens (including phenoxy) is 1. The summed E-state index contributed by atoms with van der Waals surface area (Å²) in [4.78, 5) is 17.6. The van der Waals surface area contributed by atoms with E-state index >= 15 is 0 Å². The first kappa shape index (κ1) is 15.8. The molecule has 0 spiro atoms. The molecule has 0 amide bonds. The van der Waals surface area contributed by atoms with Crippen molar-refractivity contribution in [2.45, 2.75) is 0 Å². The maximum atomic E-state index is 12.5. The molecule has 0 aliphatic rings. The third-order valence-electron chi connectivity index (χ3n) is 3.70. The number of rotatable bonds is 3. The minimum absolute atomic E-state index is 0.179. The summed E-state index contributed by atoms with van der Waals surface area (Å²) in [6, 6.07) is 14.7. The predicted octanol–water partition coefficient (Wildman–Crippen LogP) is 3.03. The lowest BCUT2D eigenvalue weighted by Gasteiger charge is -1.99. The lowest BCUT2D eigenvalue weighted by molar-refractivity contribution is 0.415. The minimum Gasteiger partial charge on any atom is -0.497 e. The van der Waals surface area contributed by atoms with Crippen LogP contribution < -0.4 is 14.8 Å². The number of benzene rings is 2. The number of methoxy groups -OCH3 is 1. The molecule has 0 saturated carbocycles. The van der Waals surface area contributed by atoms with Crippen LogP contribution in [0.3, 0.4) is 0 Å². The van der Waals surface area contributed by atoms with E-state index in [2.05, 4.69) is 10.1 Å². The topological polar surface area (TPSA) is 56.5 Å². The van der Waals surface area contributed by atoms with Crippen LogP contribution in [0.25, 0.3) is 22.4 Å². The molecule has 4 rings (SSSR count). The highest BCUT2D eigenvalue weighted by atomic mass is 35.5. The van der Waals surface area contributed by atoms with E-state index < -0.39 is 0 Å². The molecule has 0 unspecified atom stereocenters. The molecule has 0 fully saturated rings. The van der Waals surface area contributed by atoms with Crippen LogP contribution in [-0.2, 0) is 0 Å². The van der Waals surface area contributed by atoms with Crippen molar-refractivity contribution >= 4 is 34.0 Å². The Kier molecular flexibility index (Phi) is 3.99. The van der Waals surface area contributed by atoms with Crippen LogP contribution in [0, 0.1) is 0 Å². The van der Waals surface area contributed by atoms with Crippen LogP contribution in [0.4, 0.5) is 0 Å². The van der Waals surface area contributed by atoms with Crippen LogP contribution in [0.2, 0.25) is 5.02 Å². The fraction of sp³-hybridized carbons (Fsp3) is 0.0556. The Balaban J connectivity index is 1.76. The highest BCUT2D eigenvalue weighted by Crippen LogP contribution is 2.20. The van der Waals surface area contributed by atoms with Crippen LogP contribution in [0.1, 0.15) is 5.56 Å². The highest BCUT2D eigenvalue weighted by Gasteiger charge is 2.12. The molecule has 5 nitrogen and oxygen atoms in total. The maximum absolute atomic E-state index is 12.5. The molecule has 0 N–H and O–H groups in total. The number of hydrogen-bond donors (Lipinski definition) is 0. The van der Waals surface area contributed by atoms with Crippen molar-refractivity contribution in [2.75, 3.05) is 7.11 Å². The first-order chi connectivity index (χ1) is 12.1. The van der Waals surface area contributed by atoms with Gasteiger partial charge in [-0.25, -0.2) is 0 Å². The predicted molar refractivity (Wildman–Crippen MR) is 99.4 cm³/mol. The van der Waals surface area contributed by atoms with Gasteiger partial charge in [0.25, 0.3) is 5.56 Å². The normalized spacial score (nSPS) is 12.0. The molecule has 0 radical (unpaired) electrons. The zero-order valence-electron chi connectivity index (χ0n) is 13.1. The number of fused-ring (bicyclic) bond motifs is 1. The zero-order valence-corrected chi connectivity index (χ0v) is 14.7. The SMILES string of the molecule is COc1ccc(-c2nc3s/c(=C/c4ccc(Cl)cc4)c(=O)n3n2)cc1. The van der Waals surface area contributed by atoms with Gasteiger partial charge in [-0.3, -0.25) is 4.79 Å². The first-order valence-electron chi connectivity index (χ1n) is 7.45. The molecule has 0 saturated heterocycles. The van der Waals surface area contributed by atoms with E-state index in [0.717, 1.165) is 16.9 Å². The van der Waals surface area contributed by atoms with Gasteiger partial charge in [-0.2, -0.15) is 9.50 Å². The molecule has 124 valence electrons. The van der Waals surface area contributed by atoms with Gasteiger partial charge in [0, 0.05) is 10.6 Å². The summed E-state index contributed by atoms with van der Waals surface area (Å²) in [5.41, 5.74) is 1.56. The van der Waals surface area contributed by atoms with Gasteiger partial charge >= 0.3 is 0 Å². The molecule has 2 aromatic heterocycles. The van der Waals surface area contributed by atoms with Gasteiger partial charge in [-0.05, 0) is 48.0 Å². The van der Waals surface area contributed by atoms with E-state index in [4.69, 9.17) is 16.3 Å². The second-order valence-electron chi connectivity index (χ2n) is 5.33. The number of nitrogens with zero attached hydrogens (tertiary/aromatic N) is 3. The summed E-state index contributed by atoms with van der Waals surface area (Å²) >= 11 is 7.19. The molecule has 0 bridgehead atoms. The van der Waals surface area contributed by atoms with Crippen molar-refractivity contribution in [3.8, 4) is 17.1 Å². The minimum atomic E-state index is -0.179. The third kappa shape index (κ3) is 3.01. The summed E-state index contributed by atoms with van der Waals surface area (Å²) in [5, 5.41) is 4.99. The van der Waals surface area contributed by atoms with Crippen molar-refractivity contribution in [1.29, 1.82) is 0 Å². The molecular weight excluding hydrogens is 358 g/mol. The molecule has 4 aromatic rings. The van der Waals surface area contributed by atoms with Crippen molar-refractivity contribution in [1.82, 2.24) is 14.6 Å². The van der Waals surface area contributed by atoms with E-state index in [1.807, 2.05) is 42.5 Å². The van der Waals surface area contributed by atoms with Crippen LogP contribution in [0.5, 0.6) is 5.75 Å². The Hall–Kier alpha value is -2.70. The van der Waals surface area contributed by atoms with Crippen molar-refractivity contribution in [3.63, 3.8) is 0 Å². The van der Waals surface area contributed by atoms with E-state index in [9.17, 15) is 4.79 Å². The Morgan fingerprint density at radius 3 is 2.48 bits per heavy atom. The molecular formula is C18H12ClN3O2S. The van der Waals surface area contributed by atoms with Gasteiger partial charge in [0.2, 0.25) is 4.96 Å². The van der Waals surface area contributed by atoms with Gasteiger partial charge < -0.3 is 4.74 Å². The van der Waals surface area contributed by atoms with Crippen LogP contribution in [0.15, 0.2) is 53.3 Å². The quantitative estimate of drug-likeness (QED) is 0.557. The van der Waals surface area contributed by atoms with Crippen molar-refractivity contribution in [2.24, 2.45) is 0 Å². The van der Waals surface area contributed by atoms with E-state index in [1.54, 1.807) is 19.2 Å². The summed E-state index contributed by atoms with van der Waals surface area (Å²) in [7, 11) is 1.61. The lowest BCUT2D eigenvalue weighted by atomic mass is 10.2. The second kappa shape index (κ2) is 6.31. The fourth-order valence-electron chi connectivity index (χ4n) is 2.41. The molecule has 0 aliphatic carbocycles. The number of halogens is 1. The summed E-state index contributed by atoms with van der Waals surface area (Å²) in [6.45, 7) is 0. The molecule has 2 aromatic carbocycles. The average molecular weight is 370 g/mol. The van der Waals surface area contributed by atoms with Crippen molar-refractivity contribution < 1.29 is 4.74 Å². The van der Waals surface area contributed by atoms with Gasteiger partial charge in [-0.15, -0.1) is 5.10 Å². The summed E-state index contributed by atoms with van der Waals surface area (Å²) < 4.78 is 7.06. The Bertz CT molecular complexity index is 1150. The first-order valence-corrected chi connectivity index (χ1v) is 8.65. The fourth-order valence-corrected chi connectivity index (χ4v) is 3.44. The maximum Gasteiger partial charge on any atom is 0.291 e. The van der Waals surface area contributed by atoms with Crippen molar-refractivity contribution in [3.05, 3.63) is 74.0 Å². The van der Waals surface area contributed by atoms with Gasteiger partial charge in [-0.1, -0.05) is 35.1 Å². The summed E-state index contributed by atoms with van der Waals surface area (Å²) in [6.07, 6.45) is 1.81. The van der Waals surface area contributed by atoms with Crippen LogP contribution >= 0.6 is 22.9 Å².